The number of carbonyl (C=O) groups is 3. The van der Waals surface area contributed by atoms with E-state index in [-0.39, 0.29) is 25.3 Å². The molecule has 1 saturated heterocycles. The van der Waals surface area contributed by atoms with Gasteiger partial charge in [0, 0.05) is 26.3 Å². The summed E-state index contributed by atoms with van der Waals surface area (Å²) in [7, 11) is 0. The summed E-state index contributed by atoms with van der Waals surface area (Å²) in [4.78, 5) is 36.8. The van der Waals surface area contributed by atoms with Crippen molar-refractivity contribution in [3.63, 3.8) is 0 Å². The highest BCUT2D eigenvalue weighted by atomic mass is 16.4. The lowest BCUT2D eigenvalue weighted by atomic mass is 10.0. The van der Waals surface area contributed by atoms with E-state index in [9.17, 15) is 24.6 Å². The molecule has 1 aliphatic heterocycles. The number of aliphatic hydroxyl groups excluding tert-OH is 1. The number of rotatable bonds is 5. The zero-order valence-corrected chi connectivity index (χ0v) is 13.7. The second-order valence-electron chi connectivity index (χ2n) is 6.11. The minimum Gasteiger partial charge on any atom is -0.480 e. The van der Waals surface area contributed by atoms with Gasteiger partial charge in [-0.3, -0.25) is 9.59 Å². The molecule has 0 unspecified atom stereocenters. The normalized spacial score (nSPS) is 21.4. The molecule has 1 aromatic carbocycles. The molecule has 7 nitrogen and oxygen atoms in total. The number of hydrogen-bond acceptors (Lipinski definition) is 4. The van der Waals surface area contributed by atoms with Crippen LogP contribution >= 0.6 is 0 Å². The maximum absolute atomic E-state index is 12.4. The van der Waals surface area contributed by atoms with E-state index in [1.165, 1.54) is 11.8 Å². The predicted molar refractivity (Wildman–Crippen MR) is 86.2 cm³/mol. The Morgan fingerprint density at radius 3 is 2.58 bits per heavy atom. The van der Waals surface area contributed by atoms with Gasteiger partial charge in [0.2, 0.25) is 11.8 Å². The van der Waals surface area contributed by atoms with Gasteiger partial charge in [-0.05, 0) is 18.1 Å². The number of aliphatic hydroxyl groups is 1. The maximum atomic E-state index is 12.4. The van der Waals surface area contributed by atoms with Gasteiger partial charge >= 0.3 is 5.97 Å². The Morgan fingerprint density at radius 1 is 1.33 bits per heavy atom. The Bertz CT molecular complexity index is 646. The molecule has 1 aromatic rings. The fourth-order valence-corrected chi connectivity index (χ4v) is 2.94. The van der Waals surface area contributed by atoms with Crippen molar-refractivity contribution in [3.05, 3.63) is 35.4 Å². The monoisotopic (exact) mass is 334 g/mol. The number of hydrogen-bond donors (Lipinski definition) is 3. The average Bonchev–Trinajstić information content (AvgIpc) is 2.91. The second kappa shape index (κ2) is 7.44. The molecule has 0 radical (unpaired) electrons. The summed E-state index contributed by atoms with van der Waals surface area (Å²) in [6.45, 7) is 3.28. The standard InChI is InChI=1S/C17H22N2O5/c1-10-5-3-4-6-12(10)7-14(17(23)24)18-16(22)15-8-13(21)9-19(15)11(2)20/h3-6,13-15,21H,7-9H2,1-2H3,(H,18,22)(H,23,24)/t13-,14-,15+/m1/s1. The molecular weight excluding hydrogens is 312 g/mol. The van der Waals surface area contributed by atoms with E-state index < -0.39 is 30.1 Å². The van der Waals surface area contributed by atoms with Crippen LogP contribution in [-0.2, 0) is 20.8 Å². The molecule has 1 aliphatic rings. The summed E-state index contributed by atoms with van der Waals surface area (Å²) in [5.41, 5.74) is 1.78. The first-order valence-corrected chi connectivity index (χ1v) is 7.82. The highest BCUT2D eigenvalue weighted by Gasteiger charge is 2.38. The number of likely N-dealkylation sites (tertiary alicyclic amines) is 1. The second-order valence-corrected chi connectivity index (χ2v) is 6.11. The number of carboxylic acids is 1. The van der Waals surface area contributed by atoms with Gasteiger partial charge in [-0.2, -0.15) is 0 Å². The lowest BCUT2D eigenvalue weighted by molar-refractivity contribution is -0.143. The van der Waals surface area contributed by atoms with Crippen molar-refractivity contribution < 1.29 is 24.6 Å². The van der Waals surface area contributed by atoms with Gasteiger partial charge < -0.3 is 20.4 Å². The zero-order chi connectivity index (χ0) is 17.9. The van der Waals surface area contributed by atoms with Gasteiger partial charge in [0.1, 0.15) is 12.1 Å². The van der Waals surface area contributed by atoms with Crippen LogP contribution in [0.15, 0.2) is 24.3 Å². The van der Waals surface area contributed by atoms with Crippen molar-refractivity contribution >= 4 is 17.8 Å². The summed E-state index contributed by atoms with van der Waals surface area (Å²) in [6, 6.07) is 5.44. The summed E-state index contributed by atoms with van der Waals surface area (Å²) in [6.07, 6.45) is -0.505. The van der Waals surface area contributed by atoms with E-state index in [2.05, 4.69) is 5.32 Å². The Morgan fingerprint density at radius 2 is 2.00 bits per heavy atom. The van der Waals surface area contributed by atoms with Crippen LogP contribution in [0.2, 0.25) is 0 Å². The molecule has 7 heteroatoms. The average molecular weight is 334 g/mol. The summed E-state index contributed by atoms with van der Waals surface area (Å²) < 4.78 is 0. The summed E-state index contributed by atoms with van der Waals surface area (Å²) >= 11 is 0. The molecule has 1 fully saturated rings. The Kier molecular flexibility index (Phi) is 5.56. The number of amides is 2. The molecule has 3 atom stereocenters. The Hall–Kier alpha value is -2.41. The third-order valence-corrected chi connectivity index (χ3v) is 4.29. The molecular formula is C17H22N2O5. The number of nitrogens with zero attached hydrogens (tertiary/aromatic N) is 1. The quantitative estimate of drug-likeness (QED) is 0.707. The van der Waals surface area contributed by atoms with Crippen LogP contribution in [0, 0.1) is 6.92 Å². The highest BCUT2D eigenvalue weighted by molar-refractivity contribution is 5.90. The van der Waals surface area contributed by atoms with Crippen molar-refractivity contribution in [2.75, 3.05) is 6.54 Å². The van der Waals surface area contributed by atoms with Crippen LogP contribution in [0.1, 0.15) is 24.5 Å². The van der Waals surface area contributed by atoms with Crippen molar-refractivity contribution in [1.29, 1.82) is 0 Å². The molecule has 0 saturated carbocycles. The number of benzene rings is 1. The number of carboxylic acid groups (broad SMARTS) is 1. The third kappa shape index (κ3) is 4.11. The van der Waals surface area contributed by atoms with E-state index >= 15 is 0 Å². The molecule has 2 rings (SSSR count). The van der Waals surface area contributed by atoms with Crippen LogP contribution in [-0.4, -0.2) is 57.6 Å². The molecule has 0 aromatic heterocycles. The van der Waals surface area contributed by atoms with Crippen LogP contribution < -0.4 is 5.32 Å². The smallest absolute Gasteiger partial charge is 0.326 e. The van der Waals surface area contributed by atoms with Crippen molar-refractivity contribution in [1.82, 2.24) is 10.2 Å². The van der Waals surface area contributed by atoms with Crippen LogP contribution in [0.5, 0.6) is 0 Å². The highest BCUT2D eigenvalue weighted by Crippen LogP contribution is 2.19. The van der Waals surface area contributed by atoms with Gasteiger partial charge in [-0.15, -0.1) is 0 Å². The number of aliphatic carboxylic acids is 1. The Labute approximate surface area is 140 Å². The SMILES string of the molecule is CC(=O)N1C[C@H](O)C[C@H]1C(=O)N[C@H](Cc1ccccc1C)C(=O)O. The molecule has 0 aliphatic carbocycles. The molecule has 130 valence electrons. The molecule has 0 bridgehead atoms. The van der Waals surface area contributed by atoms with Gasteiger partial charge in [0.05, 0.1) is 6.10 Å². The van der Waals surface area contributed by atoms with Crippen molar-refractivity contribution in [2.45, 2.75) is 44.9 Å². The molecule has 2 amide bonds. The van der Waals surface area contributed by atoms with Gasteiger partial charge in [0.15, 0.2) is 0 Å². The molecule has 0 spiro atoms. The number of carbonyl (C=O) groups excluding carboxylic acids is 2. The van der Waals surface area contributed by atoms with E-state index in [0.29, 0.717) is 0 Å². The lowest BCUT2D eigenvalue weighted by Crippen LogP contribution is -2.51. The van der Waals surface area contributed by atoms with Gasteiger partial charge in [0.25, 0.3) is 0 Å². The minimum absolute atomic E-state index is 0.0863. The third-order valence-electron chi connectivity index (χ3n) is 4.29. The number of aryl methyl sites for hydroxylation is 1. The summed E-state index contributed by atoms with van der Waals surface area (Å²) in [5.74, 6) is -2.01. The summed E-state index contributed by atoms with van der Waals surface area (Å²) in [5, 5.41) is 21.6. The Balaban J connectivity index is 2.10. The maximum Gasteiger partial charge on any atom is 0.326 e. The first-order chi connectivity index (χ1) is 11.3. The largest absolute Gasteiger partial charge is 0.480 e. The number of β-amino-alcohol motifs (C(OH)–C–C–N with tert-alkyl or cyclic N) is 1. The van der Waals surface area contributed by atoms with E-state index in [1.807, 2.05) is 31.2 Å². The minimum atomic E-state index is -1.14. The first kappa shape index (κ1) is 17.9. The fourth-order valence-electron chi connectivity index (χ4n) is 2.94. The predicted octanol–water partition coefficient (Wildman–Crippen LogP) is 0.0886. The van der Waals surface area contributed by atoms with Crippen LogP contribution in [0.25, 0.3) is 0 Å². The molecule has 1 heterocycles. The van der Waals surface area contributed by atoms with Gasteiger partial charge in [-0.1, -0.05) is 24.3 Å². The molecule has 3 N–H and O–H groups in total. The van der Waals surface area contributed by atoms with E-state index in [4.69, 9.17) is 0 Å². The van der Waals surface area contributed by atoms with Crippen LogP contribution in [0.4, 0.5) is 0 Å². The fraction of sp³-hybridized carbons (Fsp3) is 0.471. The van der Waals surface area contributed by atoms with Gasteiger partial charge in [-0.25, -0.2) is 4.79 Å². The lowest BCUT2D eigenvalue weighted by Gasteiger charge is -2.24. The van der Waals surface area contributed by atoms with E-state index in [1.54, 1.807) is 0 Å². The van der Waals surface area contributed by atoms with E-state index in [0.717, 1.165) is 11.1 Å². The van der Waals surface area contributed by atoms with Crippen LogP contribution in [0.3, 0.4) is 0 Å². The number of nitrogens with one attached hydrogen (secondary N) is 1. The zero-order valence-electron chi connectivity index (χ0n) is 13.7. The first-order valence-electron chi connectivity index (χ1n) is 7.82. The van der Waals surface area contributed by atoms with Crippen molar-refractivity contribution in [3.8, 4) is 0 Å². The molecule has 24 heavy (non-hydrogen) atoms. The van der Waals surface area contributed by atoms with Crippen molar-refractivity contribution in [2.24, 2.45) is 0 Å². The topological polar surface area (TPSA) is 107 Å².